The zero-order valence-electron chi connectivity index (χ0n) is 12.3. The van der Waals surface area contributed by atoms with Gasteiger partial charge in [0, 0.05) is 29.9 Å². The molecule has 1 unspecified atom stereocenters. The molecule has 2 heterocycles. The van der Waals surface area contributed by atoms with Crippen LogP contribution in [-0.4, -0.2) is 40.4 Å². The second-order valence-electron chi connectivity index (χ2n) is 5.17. The highest BCUT2D eigenvalue weighted by atomic mass is 32.2. The number of amides is 1. The lowest BCUT2D eigenvalue weighted by Crippen LogP contribution is -2.40. The predicted octanol–water partition coefficient (Wildman–Crippen LogP) is 2.57. The van der Waals surface area contributed by atoms with Crippen LogP contribution in [0.15, 0.2) is 35.7 Å². The van der Waals surface area contributed by atoms with Crippen molar-refractivity contribution >= 4 is 29.0 Å². The van der Waals surface area contributed by atoms with Gasteiger partial charge in [-0.3, -0.25) is 4.79 Å². The van der Waals surface area contributed by atoms with Crippen molar-refractivity contribution in [3.63, 3.8) is 0 Å². The number of hydrogen-bond acceptors (Lipinski definition) is 5. The normalized spacial score (nSPS) is 18.4. The molecule has 0 spiro atoms. The van der Waals surface area contributed by atoms with E-state index < -0.39 is 0 Å². The van der Waals surface area contributed by atoms with Gasteiger partial charge in [-0.1, -0.05) is 30.3 Å². The van der Waals surface area contributed by atoms with E-state index in [0.29, 0.717) is 12.2 Å². The molecule has 1 saturated heterocycles. The van der Waals surface area contributed by atoms with Gasteiger partial charge in [0.2, 0.25) is 0 Å². The van der Waals surface area contributed by atoms with E-state index in [9.17, 15) is 4.79 Å². The van der Waals surface area contributed by atoms with Crippen LogP contribution in [0, 0.1) is 0 Å². The van der Waals surface area contributed by atoms with Crippen molar-refractivity contribution in [3.05, 3.63) is 52.0 Å². The van der Waals surface area contributed by atoms with Crippen molar-refractivity contribution in [1.82, 2.24) is 9.88 Å². The Kier molecular flexibility index (Phi) is 5.12. The number of thiazole rings is 1. The van der Waals surface area contributed by atoms with Crippen molar-refractivity contribution in [2.75, 3.05) is 24.6 Å². The zero-order chi connectivity index (χ0) is 15.4. The lowest BCUT2D eigenvalue weighted by atomic mass is 10.1. The second-order valence-corrected chi connectivity index (χ2v) is 7.26. The number of hydrogen-bond donors (Lipinski definition) is 1. The van der Waals surface area contributed by atoms with Gasteiger partial charge >= 0.3 is 0 Å². The van der Waals surface area contributed by atoms with Crippen LogP contribution in [0.3, 0.4) is 0 Å². The maximum absolute atomic E-state index is 12.8. The molecule has 1 atom stereocenters. The van der Waals surface area contributed by atoms with Crippen LogP contribution >= 0.6 is 23.1 Å². The van der Waals surface area contributed by atoms with Crippen LogP contribution in [0.25, 0.3) is 0 Å². The summed E-state index contributed by atoms with van der Waals surface area (Å²) in [4.78, 5) is 19.2. The molecule has 2 N–H and O–H groups in total. The number of benzene rings is 1. The summed E-state index contributed by atoms with van der Waals surface area (Å²) in [6.07, 6.45) is 0.732. The molecule has 0 radical (unpaired) electrons. The lowest BCUT2D eigenvalue weighted by molar-refractivity contribution is 0.0696. The molecule has 1 amide bonds. The standard InChI is InChI=1S/C16H19N3OS2/c17-7-6-15-18-13(10-22-15)16(20)19-8-9-21-11-14(19)12-4-2-1-3-5-12/h1-5,10,14H,6-9,11,17H2. The minimum atomic E-state index is 0.0358. The van der Waals surface area contributed by atoms with Gasteiger partial charge in [0.1, 0.15) is 5.69 Å². The van der Waals surface area contributed by atoms with Gasteiger partial charge in [-0.25, -0.2) is 4.98 Å². The maximum Gasteiger partial charge on any atom is 0.273 e. The van der Waals surface area contributed by atoms with Gasteiger partial charge in [0.15, 0.2) is 0 Å². The largest absolute Gasteiger partial charge is 0.330 e. The van der Waals surface area contributed by atoms with E-state index in [0.717, 1.165) is 29.5 Å². The first-order valence-corrected chi connectivity index (χ1v) is 9.41. The first kappa shape index (κ1) is 15.5. The Hall–Kier alpha value is -1.37. The molecule has 3 rings (SSSR count). The zero-order valence-corrected chi connectivity index (χ0v) is 13.9. The Balaban J connectivity index is 1.82. The van der Waals surface area contributed by atoms with Crippen molar-refractivity contribution in [2.45, 2.75) is 12.5 Å². The number of nitrogens with zero attached hydrogens (tertiary/aromatic N) is 2. The Morgan fingerprint density at radius 3 is 2.95 bits per heavy atom. The summed E-state index contributed by atoms with van der Waals surface area (Å²) < 4.78 is 0. The maximum atomic E-state index is 12.8. The third-order valence-electron chi connectivity index (χ3n) is 3.70. The summed E-state index contributed by atoms with van der Waals surface area (Å²) in [7, 11) is 0. The molecule has 0 bridgehead atoms. The van der Waals surface area contributed by atoms with E-state index in [1.54, 1.807) is 0 Å². The highest BCUT2D eigenvalue weighted by molar-refractivity contribution is 7.99. The van der Waals surface area contributed by atoms with Crippen LogP contribution in [-0.2, 0) is 6.42 Å². The van der Waals surface area contributed by atoms with Gasteiger partial charge in [-0.15, -0.1) is 11.3 Å². The summed E-state index contributed by atoms with van der Waals surface area (Å²) in [5.41, 5.74) is 7.31. The Morgan fingerprint density at radius 2 is 2.18 bits per heavy atom. The summed E-state index contributed by atoms with van der Waals surface area (Å²) >= 11 is 3.42. The van der Waals surface area contributed by atoms with E-state index >= 15 is 0 Å². The third-order valence-corrected chi connectivity index (χ3v) is 5.63. The SMILES string of the molecule is NCCc1nc(C(=O)N2CCSCC2c2ccccc2)cs1. The van der Waals surface area contributed by atoms with E-state index in [-0.39, 0.29) is 11.9 Å². The first-order chi connectivity index (χ1) is 10.8. The van der Waals surface area contributed by atoms with Crippen molar-refractivity contribution < 1.29 is 4.79 Å². The Morgan fingerprint density at radius 1 is 1.36 bits per heavy atom. The van der Waals surface area contributed by atoms with E-state index in [1.807, 2.05) is 40.2 Å². The second kappa shape index (κ2) is 7.26. The average Bonchev–Trinajstić information content (AvgIpc) is 3.04. The van der Waals surface area contributed by atoms with Gasteiger partial charge in [-0.2, -0.15) is 11.8 Å². The fourth-order valence-electron chi connectivity index (χ4n) is 2.59. The van der Waals surface area contributed by atoms with Gasteiger partial charge < -0.3 is 10.6 Å². The summed E-state index contributed by atoms with van der Waals surface area (Å²) in [6.45, 7) is 1.33. The molecule has 2 aromatic rings. The van der Waals surface area contributed by atoms with Crippen LogP contribution in [0.4, 0.5) is 0 Å². The van der Waals surface area contributed by atoms with E-state index in [1.165, 1.54) is 16.9 Å². The molecule has 4 nitrogen and oxygen atoms in total. The number of aromatic nitrogens is 1. The summed E-state index contributed by atoms with van der Waals surface area (Å²) in [5.74, 6) is 1.96. The molecule has 0 saturated carbocycles. The highest BCUT2D eigenvalue weighted by Crippen LogP contribution is 2.30. The fraction of sp³-hybridized carbons (Fsp3) is 0.375. The molecule has 1 aromatic heterocycles. The van der Waals surface area contributed by atoms with Crippen LogP contribution in [0.5, 0.6) is 0 Å². The number of rotatable bonds is 4. The molecule has 0 aliphatic carbocycles. The van der Waals surface area contributed by atoms with Crippen molar-refractivity contribution in [1.29, 1.82) is 0 Å². The molecule has 1 aliphatic heterocycles. The smallest absolute Gasteiger partial charge is 0.273 e. The molecule has 116 valence electrons. The van der Waals surface area contributed by atoms with Crippen LogP contribution in [0.1, 0.15) is 27.1 Å². The molecular weight excluding hydrogens is 314 g/mol. The predicted molar refractivity (Wildman–Crippen MR) is 92.4 cm³/mol. The minimum Gasteiger partial charge on any atom is -0.330 e. The van der Waals surface area contributed by atoms with Gasteiger partial charge in [0.25, 0.3) is 5.91 Å². The lowest BCUT2D eigenvalue weighted by Gasteiger charge is -2.35. The number of thioether (sulfide) groups is 1. The van der Waals surface area contributed by atoms with Gasteiger partial charge in [-0.05, 0) is 12.1 Å². The van der Waals surface area contributed by atoms with E-state index in [2.05, 4.69) is 17.1 Å². The number of carbonyl (C=O) groups is 1. The molecule has 1 fully saturated rings. The molecule has 6 heteroatoms. The van der Waals surface area contributed by atoms with Crippen LogP contribution in [0.2, 0.25) is 0 Å². The fourth-order valence-corrected chi connectivity index (χ4v) is 4.47. The third kappa shape index (κ3) is 3.34. The number of nitrogens with two attached hydrogens (primary N) is 1. The molecule has 1 aromatic carbocycles. The van der Waals surface area contributed by atoms with E-state index in [4.69, 9.17) is 5.73 Å². The highest BCUT2D eigenvalue weighted by Gasteiger charge is 2.30. The first-order valence-electron chi connectivity index (χ1n) is 7.37. The molecule has 22 heavy (non-hydrogen) atoms. The monoisotopic (exact) mass is 333 g/mol. The summed E-state index contributed by atoms with van der Waals surface area (Å²) in [6, 6.07) is 10.4. The average molecular weight is 333 g/mol. The quantitative estimate of drug-likeness (QED) is 0.934. The molecular formula is C16H19N3OS2. The molecule has 1 aliphatic rings. The number of carbonyl (C=O) groups excluding carboxylic acids is 1. The van der Waals surface area contributed by atoms with Crippen molar-refractivity contribution in [3.8, 4) is 0 Å². The summed E-state index contributed by atoms with van der Waals surface area (Å²) in [5, 5.41) is 2.80. The minimum absolute atomic E-state index is 0.0358. The van der Waals surface area contributed by atoms with Crippen molar-refractivity contribution in [2.24, 2.45) is 5.73 Å². The van der Waals surface area contributed by atoms with Crippen LogP contribution < -0.4 is 5.73 Å². The van der Waals surface area contributed by atoms with Gasteiger partial charge in [0.05, 0.1) is 11.0 Å². The Labute approximate surface area is 138 Å². The Bertz CT molecular complexity index is 629. The topological polar surface area (TPSA) is 59.2 Å².